The van der Waals surface area contributed by atoms with Gasteiger partial charge in [-0.1, -0.05) is 48.5 Å². The molecule has 0 aliphatic carbocycles. The standard InChI is InChI=1S/C24H22O4/c1-3-27-22-15-9-18(17-23(22)26-2)10-16-24(25)28-21-13-11-20(12-14-21)19-7-5-4-6-8-19/h4-17H,3H2,1-2H3. The average molecular weight is 374 g/mol. The van der Waals surface area contributed by atoms with Crippen molar-refractivity contribution < 1.29 is 19.0 Å². The van der Waals surface area contributed by atoms with E-state index >= 15 is 0 Å². The molecule has 0 unspecified atom stereocenters. The van der Waals surface area contributed by atoms with Gasteiger partial charge in [0.05, 0.1) is 13.7 Å². The Hall–Kier alpha value is -3.53. The van der Waals surface area contributed by atoms with E-state index in [0.717, 1.165) is 16.7 Å². The SMILES string of the molecule is CCOc1ccc(C=CC(=O)Oc2ccc(-c3ccccc3)cc2)cc1OC. The molecule has 0 N–H and O–H groups in total. The maximum Gasteiger partial charge on any atom is 0.336 e. The molecule has 0 bridgehead atoms. The molecule has 3 aromatic carbocycles. The highest BCUT2D eigenvalue weighted by atomic mass is 16.5. The van der Waals surface area contributed by atoms with Gasteiger partial charge in [0.2, 0.25) is 0 Å². The molecule has 4 heteroatoms. The summed E-state index contributed by atoms with van der Waals surface area (Å²) >= 11 is 0. The minimum atomic E-state index is -0.444. The van der Waals surface area contributed by atoms with E-state index < -0.39 is 5.97 Å². The number of ether oxygens (including phenoxy) is 3. The van der Waals surface area contributed by atoms with E-state index in [1.54, 1.807) is 25.3 Å². The zero-order chi connectivity index (χ0) is 19.8. The summed E-state index contributed by atoms with van der Waals surface area (Å²) in [4.78, 5) is 12.1. The van der Waals surface area contributed by atoms with E-state index in [4.69, 9.17) is 14.2 Å². The van der Waals surface area contributed by atoms with Gasteiger partial charge in [0, 0.05) is 6.08 Å². The zero-order valence-corrected chi connectivity index (χ0v) is 15.9. The lowest BCUT2D eigenvalue weighted by Gasteiger charge is -2.09. The first-order chi connectivity index (χ1) is 13.7. The van der Waals surface area contributed by atoms with Gasteiger partial charge in [-0.3, -0.25) is 0 Å². The van der Waals surface area contributed by atoms with Crippen LogP contribution in [0.15, 0.2) is 78.9 Å². The second-order valence-corrected chi connectivity index (χ2v) is 5.99. The molecule has 4 nitrogen and oxygen atoms in total. The third-order valence-corrected chi connectivity index (χ3v) is 4.08. The van der Waals surface area contributed by atoms with E-state index in [-0.39, 0.29) is 0 Å². The maximum atomic E-state index is 12.1. The highest BCUT2D eigenvalue weighted by Gasteiger charge is 2.05. The Morgan fingerprint density at radius 3 is 2.29 bits per heavy atom. The van der Waals surface area contributed by atoms with Crippen LogP contribution >= 0.6 is 0 Å². The Morgan fingerprint density at radius 1 is 0.893 bits per heavy atom. The number of hydrogen-bond donors (Lipinski definition) is 0. The molecule has 0 spiro atoms. The van der Waals surface area contributed by atoms with E-state index in [1.165, 1.54) is 6.08 Å². The lowest BCUT2D eigenvalue weighted by Crippen LogP contribution is -2.03. The Labute approximate surface area is 165 Å². The van der Waals surface area contributed by atoms with Crippen molar-refractivity contribution in [1.82, 2.24) is 0 Å². The first kappa shape index (κ1) is 19.2. The monoisotopic (exact) mass is 374 g/mol. The molecule has 0 heterocycles. The molecular weight excluding hydrogens is 352 g/mol. The number of hydrogen-bond acceptors (Lipinski definition) is 4. The molecule has 0 atom stereocenters. The molecule has 0 fully saturated rings. The number of rotatable bonds is 7. The van der Waals surface area contributed by atoms with Gasteiger partial charge in [-0.05, 0) is 54.0 Å². The van der Waals surface area contributed by atoms with Crippen molar-refractivity contribution in [1.29, 1.82) is 0 Å². The molecule has 0 aliphatic heterocycles. The van der Waals surface area contributed by atoms with Gasteiger partial charge in [-0.2, -0.15) is 0 Å². The normalized spacial score (nSPS) is 10.6. The molecule has 0 saturated carbocycles. The number of carbonyl (C=O) groups excluding carboxylic acids is 1. The second-order valence-electron chi connectivity index (χ2n) is 5.99. The van der Waals surface area contributed by atoms with Crippen LogP contribution in [0.25, 0.3) is 17.2 Å². The minimum absolute atomic E-state index is 0.444. The fourth-order valence-corrected chi connectivity index (χ4v) is 2.72. The van der Waals surface area contributed by atoms with Crippen LogP contribution in [0.1, 0.15) is 12.5 Å². The van der Waals surface area contributed by atoms with Gasteiger partial charge >= 0.3 is 5.97 Å². The molecule has 0 aromatic heterocycles. The number of esters is 1. The van der Waals surface area contributed by atoms with E-state index in [0.29, 0.717) is 23.9 Å². The van der Waals surface area contributed by atoms with Crippen LogP contribution in [0.5, 0.6) is 17.2 Å². The van der Waals surface area contributed by atoms with Gasteiger partial charge in [0.1, 0.15) is 5.75 Å². The Kier molecular flexibility index (Phi) is 6.47. The van der Waals surface area contributed by atoms with Gasteiger partial charge < -0.3 is 14.2 Å². The fraction of sp³-hybridized carbons (Fsp3) is 0.125. The van der Waals surface area contributed by atoms with Crippen LogP contribution in [0, 0.1) is 0 Å². The van der Waals surface area contributed by atoms with E-state index in [9.17, 15) is 4.79 Å². The lowest BCUT2D eigenvalue weighted by molar-refractivity contribution is -0.128. The summed E-state index contributed by atoms with van der Waals surface area (Å²) in [7, 11) is 1.58. The van der Waals surface area contributed by atoms with Crippen molar-refractivity contribution in [2.75, 3.05) is 13.7 Å². The summed E-state index contributed by atoms with van der Waals surface area (Å²) in [6.45, 7) is 2.47. The summed E-state index contributed by atoms with van der Waals surface area (Å²) in [5.74, 6) is 1.34. The second kappa shape index (κ2) is 9.42. The van der Waals surface area contributed by atoms with Crippen molar-refractivity contribution in [3.05, 3.63) is 84.4 Å². The number of methoxy groups -OCH3 is 1. The van der Waals surface area contributed by atoms with Crippen LogP contribution in [-0.2, 0) is 4.79 Å². The largest absolute Gasteiger partial charge is 0.493 e. The smallest absolute Gasteiger partial charge is 0.336 e. The maximum absolute atomic E-state index is 12.1. The third-order valence-electron chi connectivity index (χ3n) is 4.08. The molecule has 0 radical (unpaired) electrons. The van der Waals surface area contributed by atoms with Crippen LogP contribution in [-0.4, -0.2) is 19.7 Å². The van der Waals surface area contributed by atoms with Crippen LogP contribution in [0.4, 0.5) is 0 Å². The Bertz CT molecular complexity index is 944. The van der Waals surface area contributed by atoms with Gasteiger partial charge in [0.15, 0.2) is 11.5 Å². The molecule has 3 rings (SSSR count). The number of benzene rings is 3. The molecule has 28 heavy (non-hydrogen) atoms. The highest BCUT2D eigenvalue weighted by molar-refractivity contribution is 5.89. The first-order valence-corrected chi connectivity index (χ1v) is 9.06. The van der Waals surface area contributed by atoms with Crippen molar-refractivity contribution in [3.63, 3.8) is 0 Å². The first-order valence-electron chi connectivity index (χ1n) is 9.06. The van der Waals surface area contributed by atoms with Crippen molar-refractivity contribution in [3.8, 4) is 28.4 Å². The summed E-state index contributed by atoms with van der Waals surface area (Å²) in [6.07, 6.45) is 3.07. The zero-order valence-electron chi connectivity index (χ0n) is 15.9. The third kappa shape index (κ3) is 5.01. The van der Waals surface area contributed by atoms with Crippen LogP contribution in [0.3, 0.4) is 0 Å². The quantitative estimate of drug-likeness (QED) is 0.316. The summed E-state index contributed by atoms with van der Waals surface area (Å²) < 4.78 is 16.2. The van der Waals surface area contributed by atoms with Gasteiger partial charge in [-0.15, -0.1) is 0 Å². The molecule has 3 aromatic rings. The topological polar surface area (TPSA) is 44.8 Å². The van der Waals surface area contributed by atoms with E-state index in [2.05, 4.69) is 0 Å². The summed E-state index contributed by atoms with van der Waals surface area (Å²) in [5.41, 5.74) is 3.00. The fourth-order valence-electron chi connectivity index (χ4n) is 2.72. The van der Waals surface area contributed by atoms with Crippen molar-refractivity contribution >= 4 is 12.0 Å². The van der Waals surface area contributed by atoms with Crippen molar-refractivity contribution in [2.45, 2.75) is 6.92 Å². The summed E-state index contributed by atoms with van der Waals surface area (Å²) in [5, 5.41) is 0. The predicted molar refractivity (Wildman–Crippen MR) is 111 cm³/mol. The van der Waals surface area contributed by atoms with Crippen LogP contribution < -0.4 is 14.2 Å². The van der Waals surface area contributed by atoms with Crippen molar-refractivity contribution in [2.24, 2.45) is 0 Å². The van der Waals surface area contributed by atoms with Crippen LogP contribution in [0.2, 0.25) is 0 Å². The predicted octanol–water partition coefficient (Wildman–Crippen LogP) is 5.38. The highest BCUT2D eigenvalue weighted by Crippen LogP contribution is 2.28. The minimum Gasteiger partial charge on any atom is -0.493 e. The molecule has 0 saturated heterocycles. The Balaban J connectivity index is 1.64. The van der Waals surface area contributed by atoms with E-state index in [1.807, 2.05) is 67.6 Å². The number of carbonyl (C=O) groups is 1. The average Bonchev–Trinajstić information content (AvgIpc) is 2.74. The molecule has 0 aliphatic rings. The van der Waals surface area contributed by atoms with Gasteiger partial charge in [-0.25, -0.2) is 4.79 Å². The molecule has 0 amide bonds. The summed E-state index contributed by atoms with van der Waals surface area (Å²) in [6, 6.07) is 22.9. The lowest BCUT2D eigenvalue weighted by atomic mass is 10.1. The van der Waals surface area contributed by atoms with Gasteiger partial charge in [0.25, 0.3) is 0 Å². The molecular formula is C24H22O4. The molecule has 142 valence electrons. The Morgan fingerprint density at radius 2 is 1.61 bits per heavy atom.